The maximum absolute atomic E-state index is 12.2. The van der Waals surface area contributed by atoms with Gasteiger partial charge in [-0.15, -0.1) is 0 Å². The molecule has 1 amide bonds. The van der Waals surface area contributed by atoms with Crippen LogP contribution in [-0.2, 0) is 16.1 Å². The van der Waals surface area contributed by atoms with Crippen molar-refractivity contribution < 1.29 is 9.53 Å². The van der Waals surface area contributed by atoms with Crippen LogP contribution in [0.3, 0.4) is 0 Å². The number of amides is 1. The van der Waals surface area contributed by atoms with Crippen LogP contribution in [0.25, 0.3) is 0 Å². The van der Waals surface area contributed by atoms with Gasteiger partial charge in [0, 0.05) is 26.1 Å². The Labute approximate surface area is 120 Å². The molecule has 2 rings (SSSR count). The van der Waals surface area contributed by atoms with E-state index in [9.17, 15) is 4.79 Å². The Balaban J connectivity index is 2.37. The minimum Gasteiger partial charge on any atom is -0.380 e. The minimum absolute atomic E-state index is 0.00254. The zero-order valence-electron chi connectivity index (χ0n) is 12.3. The molecule has 1 aromatic carbocycles. The standard InChI is InChI=1S/C16H24N2O2/c1-3-10-18-15(19)9-8-14(17)16(18)13-7-5-4-6-12(13)11-20-2/h4-7,14,16H,3,8-11,17H2,1-2H3. The van der Waals surface area contributed by atoms with E-state index in [1.165, 1.54) is 0 Å². The number of likely N-dealkylation sites (tertiary alicyclic amines) is 1. The van der Waals surface area contributed by atoms with Gasteiger partial charge in [0.1, 0.15) is 0 Å². The molecule has 2 N–H and O–H groups in total. The Morgan fingerprint density at radius 1 is 1.40 bits per heavy atom. The average molecular weight is 276 g/mol. The lowest BCUT2D eigenvalue weighted by atomic mass is 9.88. The number of piperidine rings is 1. The van der Waals surface area contributed by atoms with Crippen LogP contribution >= 0.6 is 0 Å². The molecule has 1 aliphatic rings. The average Bonchev–Trinajstić information content (AvgIpc) is 2.45. The Morgan fingerprint density at radius 3 is 2.85 bits per heavy atom. The zero-order chi connectivity index (χ0) is 14.5. The van der Waals surface area contributed by atoms with Crippen molar-refractivity contribution in [1.29, 1.82) is 0 Å². The SMILES string of the molecule is CCCN1C(=O)CCC(N)C1c1ccccc1COC. The van der Waals surface area contributed by atoms with E-state index in [2.05, 4.69) is 19.1 Å². The number of nitrogens with two attached hydrogens (primary N) is 1. The van der Waals surface area contributed by atoms with Gasteiger partial charge in [-0.05, 0) is 24.0 Å². The van der Waals surface area contributed by atoms with E-state index in [4.69, 9.17) is 10.5 Å². The number of hydrogen-bond acceptors (Lipinski definition) is 3. The first kappa shape index (κ1) is 15.0. The molecule has 0 aliphatic carbocycles. The summed E-state index contributed by atoms with van der Waals surface area (Å²) < 4.78 is 5.27. The molecule has 1 saturated heterocycles. The number of nitrogens with zero attached hydrogens (tertiary/aromatic N) is 1. The molecule has 0 radical (unpaired) electrons. The quantitative estimate of drug-likeness (QED) is 0.897. The van der Waals surface area contributed by atoms with Crippen LogP contribution in [0.2, 0.25) is 0 Å². The van der Waals surface area contributed by atoms with Crippen molar-refractivity contribution in [3.63, 3.8) is 0 Å². The summed E-state index contributed by atoms with van der Waals surface area (Å²) in [5, 5.41) is 0. The van der Waals surface area contributed by atoms with Crippen molar-refractivity contribution in [2.75, 3.05) is 13.7 Å². The van der Waals surface area contributed by atoms with Gasteiger partial charge in [-0.25, -0.2) is 0 Å². The molecule has 2 unspecified atom stereocenters. The largest absolute Gasteiger partial charge is 0.380 e. The summed E-state index contributed by atoms with van der Waals surface area (Å²) in [6.07, 6.45) is 2.26. The first-order valence-electron chi connectivity index (χ1n) is 7.30. The topological polar surface area (TPSA) is 55.6 Å². The van der Waals surface area contributed by atoms with Gasteiger partial charge in [0.2, 0.25) is 5.91 Å². The second kappa shape index (κ2) is 6.86. The lowest BCUT2D eigenvalue weighted by molar-refractivity contribution is -0.137. The number of hydrogen-bond donors (Lipinski definition) is 1. The summed E-state index contributed by atoms with van der Waals surface area (Å²) >= 11 is 0. The Morgan fingerprint density at radius 2 is 2.15 bits per heavy atom. The molecule has 0 spiro atoms. The predicted molar refractivity (Wildman–Crippen MR) is 79.1 cm³/mol. The van der Waals surface area contributed by atoms with Crippen molar-refractivity contribution in [2.45, 2.75) is 44.9 Å². The molecule has 0 saturated carbocycles. The predicted octanol–water partition coefficient (Wildman–Crippen LogP) is 2.23. The number of methoxy groups -OCH3 is 1. The number of benzene rings is 1. The number of carbonyl (C=O) groups is 1. The molecule has 20 heavy (non-hydrogen) atoms. The Hall–Kier alpha value is -1.39. The highest BCUT2D eigenvalue weighted by Gasteiger charge is 2.35. The van der Waals surface area contributed by atoms with Gasteiger partial charge in [-0.3, -0.25) is 4.79 Å². The normalized spacial score (nSPS) is 23.1. The third kappa shape index (κ3) is 3.02. The van der Waals surface area contributed by atoms with Crippen LogP contribution in [-0.4, -0.2) is 30.5 Å². The maximum Gasteiger partial charge on any atom is 0.223 e. The fourth-order valence-corrected chi connectivity index (χ4v) is 2.99. The van der Waals surface area contributed by atoms with Crippen molar-refractivity contribution >= 4 is 5.91 Å². The molecule has 4 heteroatoms. The third-order valence-corrected chi connectivity index (χ3v) is 3.89. The molecule has 1 aromatic rings. The van der Waals surface area contributed by atoms with E-state index in [1.807, 2.05) is 17.0 Å². The van der Waals surface area contributed by atoms with Gasteiger partial charge in [0.15, 0.2) is 0 Å². The van der Waals surface area contributed by atoms with Gasteiger partial charge in [0.05, 0.1) is 12.6 Å². The summed E-state index contributed by atoms with van der Waals surface area (Å²) in [5.74, 6) is 0.214. The molecule has 0 bridgehead atoms. The summed E-state index contributed by atoms with van der Waals surface area (Å²) in [6, 6.07) is 8.09. The molecule has 110 valence electrons. The van der Waals surface area contributed by atoms with Crippen LogP contribution in [0.5, 0.6) is 0 Å². The van der Waals surface area contributed by atoms with E-state index in [0.717, 1.165) is 30.5 Å². The molecular weight excluding hydrogens is 252 g/mol. The zero-order valence-corrected chi connectivity index (χ0v) is 12.3. The second-order valence-corrected chi connectivity index (χ2v) is 5.37. The minimum atomic E-state index is -0.0254. The van der Waals surface area contributed by atoms with Gasteiger partial charge in [-0.2, -0.15) is 0 Å². The molecule has 0 aromatic heterocycles. The van der Waals surface area contributed by atoms with Crippen LogP contribution < -0.4 is 5.73 Å². The highest BCUT2D eigenvalue weighted by molar-refractivity contribution is 5.78. The summed E-state index contributed by atoms with van der Waals surface area (Å²) in [4.78, 5) is 14.2. The molecule has 1 aliphatic heterocycles. The van der Waals surface area contributed by atoms with E-state index in [-0.39, 0.29) is 18.0 Å². The fourth-order valence-electron chi connectivity index (χ4n) is 2.99. The molecule has 1 fully saturated rings. The van der Waals surface area contributed by atoms with E-state index < -0.39 is 0 Å². The maximum atomic E-state index is 12.2. The molecule has 4 nitrogen and oxygen atoms in total. The van der Waals surface area contributed by atoms with Gasteiger partial charge < -0.3 is 15.4 Å². The summed E-state index contributed by atoms with van der Waals surface area (Å²) in [7, 11) is 1.69. The lowest BCUT2D eigenvalue weighted by Crippen LogP contribution is -2.49. The van der Waals surface area contributed by atoms with Crippen LogP contribution in [0.15, 0.2) is 24.3 Å². The van der Waals surface area contributed by atoms with E-state index >= 15 is 0 Å². The van der Waals surface area contributed by atoms with Gasteiger partial charge >= 0.3 is 0 Å². The van der Waals surface area contributed by atoms with Crippen molar-refractivity contribution in [3.8, 4) is 0 Å². The van der Waals surface area contributed by atoms with Crippen molar-refractivity contribution in [3.05, 3.63) is 35.4 Å². The van der Waals surface area contributed by atoms with Crippen LogP contribution in [0.1, 0.15) is 43.4 Å². The number of carbonyl (C=O) groups excluding carboxylic acids is 1. The summed E-state index contributed by atoms with van der Waals surface area (Å²) in [5.41, 5.74) is 8.57. The third-order valence-electron chi connectivity index (χ3n) is 3.89. The van der Waals surface area contributed by atoms with Crippen molar-refractivity contribution in [2.24, 2.45) is 5.73 Å². The van der Waals surface area contributed by atoms with E-state index in [1.54, 1.807) is 7.11 Å². The van der Waals surface area contributed by atoms with Gasteiger partial charge in [-0.1, -0.05) is 31.2 Å². The number of ether oxygens (including phenoxy) is 1. The van der Waals surface area contributed by atoms with Crippen molar-refractivity contribution in [1.82, 2.24) is 4.90 Å². The Kier molecular flexibility index (Phi) is 5.15. The number of rotatable bonds is 5. The first-order chi connectivity index (χ1) is 9.69. The molecule has 1 heterocycles. The van der Waals surface area contributed by atoms with E-state index in [0.29, 0.717) is 13.0 Å². The monoisotopic (exact) mass is 276 g/mol. The molecule has 2 atom stereocenters. The van der Waals surface area contributed by atoms with Crippen LogP contribution in [0, 0.1) is 0 Å². The Bertz CT molecular complexity index is 462. The highest BCUT2D eigenvalue weighted by atomic mass is 16.5. The highest BCUT2D eigenvalue weighted by Crippen LogP contribution is 2.33. The fraction of sp³-hybridized carbons (Fsp3) is 0.562. The second-order valence-electron chi connectivity index (χ2n) is 5.37. The summed E-state index contributed by atoms with van der Waals surface area (Å²) in [6.45, 7) is 3.40. The molecular formula is C16H24N2O2. The van der Waals surface area contributed by atoms with Crippen LogP contribution in [0.4, 0.5) is 0 Å². The smallest absolute Gasteiger partial charge is 0.223 e. The van der Waals surface area contributed by atoms with Gasteiger partial charge in [0.25, 0.3) is 0 Å². The first-order valence-corrected chi connectivity index (χ1v) is 7.30. The lowest BCUT2D eigenvalue weighted by Gasteiger charge is -2.40.